The maximum Gasteiger partial charge on any atom is 0.374 e. The smallest absolute Gasteiger partial charge is 0.374 e. The normalized spacial score (nSPS) is 10.5. The molecule has 0 spiro atoms. The number of carbonyl (C=O) groups excluding carboxylic acids is 3. The zero-order valence-electron chi connectivity index (χ0n) is 14.7. The molecule has 8 heteroatoms. The van der Waals surface area contributed by atoms with Crippen LogP contribution in [0.5, 0.6) is 0 Å². The van der Waals surface area contributed by atoms with Crippen LogP contribution in [-0.2, 0) is 9.53 Å². The number of fused-ring (bicyclic) bond motifs is 1. The Morgan fingerprint density at radius 3 is 2.61 bits per heavy atom. The van der Waals surface area contributed by atoms with Crippen LogP contribution < -0.4 is 10.7 Å². The molecular formula is C20H14ClNO6. The van der Waals surface area contributed by atoms with Crippen molar-refractivity contribution in [2.45, 2.75) is 6.92 Å². The molecule has 0 saturated heterocycles. The van der Waals surface area contributed by atoms with Crippen LogP contribution in [0, 0.1) is 0 Å². The van der Waals surface area contributed by atoms with Gasteiger partial charge in [0.25, 0.3) is 5.91 Å². The van der Waals surface area contributed by atoms with Gasteiger partial charge in [0.1, 0.15) is 5.58 Å². The Labute approximate surface area is 163 Å². The van der Waals surface area contributed by atoms with Gasteiger partial charge in [0.05, 0.1) is 11.1 Å². The van der Waals surface area contributed by atoms with E-state index in [1.54, 1.807) is 24.3 Å². The lowest BCUT2D eigenvalue weighted by atomic mass is 10.1. The highest BCUT2D eigenvalue weighted by atomic mass is 35.5. The summed E-state index contributed by atoms with van der Waals surface area (Å²) in [7, 11) is 0. The van der Waals surface area contributed by atoms with Crippen LogP contribution in [0.1, 0.15) is 27.8 Å². The average molecular weight is 400 g/mol. The highest BCUT2D eigenvalue weighted by Crippen LogP contribution is 2.18. The van der Waals surface area contributed by atoms with Gasteiger partial charge in [-0.1, -0.05) is 23.7 Å². The van der Waals surface area contributed by atoms with Gasteiger partial charge >= 0.3 is 5.97 Å². The summed E-state index contributed by atoms with van der Waals surface area (Å²) in [6.45, 7) is 0.757. The fourth-order valence-electron chi connectivity index (χ4n) is 2.52. The summed E-state index contributed by atoms with van der Waals surface area (Å²) in [5.41, 5.74) is 0.353. The van der Waals surface area contributed by atoms with Gasteiger partial charge in [-0.3, -0.25) is 14.4 Å². The molecule has 142 valence electrons. The Balaban J connectivity index is 1.70. The molecule has 0 atom stereocenters. The van der Waals surface area contributed by atoms with Crippen molar-refractivity contribution in [2.75, 3.05) is 11.9 Å². The quantitative estimate of drug-likeness (QED) is 0.520. The van der Waals surface area contributed by atoms with Crippen molar-refractivity contribution in [3.63, 3.8) is 0 Å². The van der Waals surface area contributed by atoms with Crippen LogP contribution >= 0.6 is 11.6 Å². The number of halogens is 1. The third-order valence-corrected chi connectivity index (χ3v) is 4.04. The highest BCUT2D eigenvalue weighted by molar-refractivity contribution is 6.31. The van der Waals surface area contributed by atoms with Crippen molar-refractivity contribution >= 4 is 45.9 Å². The monoisotopic (exact) mass is 399 g/mol. The Kier molecular flexibility index (Phi) is 5.56. The zero-order chi connectivity index (χ0) is 20.3. The number of ketones is 1. The van der Waals surface area contributed by atoms with E-state index in [-0.39, 0.29) is 22.5 Å². The average Bonchev–Trinajstić information content (AvgIpc) is 2.66. The molecule has 2 aromatic carbocycles. The topological polar surface area (TPSA) is 103 Å². The molecule has 1 aromatic heterocycles. The number of amides is 1. The molecule has 1 amide bonds. The van der Waals surface area contributed by atoms with E-state index in [1.165, 1.54) is 25.1 Å². The molecule has 3 aromatic rings. The van der Waals surface area contributed by atoms with E-state index in [9.17, 15) is 19.2 Å². The Bertz CT molecular complexity index is 1150. The maximum absolute atomic E-state index is 12.1. The van der Waals surface area contributed by atoms with Crippen molar-refractivity contribution in [3.05, 3.63) is 75.1 Å². The van der Waals surface area contributed by atoms with E-state index in [0.29, 0.717) is 16.3 Å². The number of para-hydroxylation sites is 1. The molecule has 1 heterocycles. The Hall–Kier alpha value is -3.45. The molecule has 0 radical (unpaired) electrons. The molecule has 0 aliphatic heterocycles. The van der Waals surface area contributed by atoms with Gasteiger partial charge in [-0.2, -0.15) is 0 Å². The predicted molar refractivity (Wildman–Crippen MR) is 103 cm³/mol. The van der Waals surface area contributed by atoms with Gasteiger partial charge in [0.15, 0.2) is 17.8 Å². The van der Waals surface area contributed by atoms with Gasteiger partial charge in [0, 0.05) is 16.7 Å². The van der Waals surface area contributed by atoms with E-state index < -0.39 is 23.9 Å². The van der Waals surface area contributed by atoms with Crippen LogP contribution in [0.4, 0.5) is 5.69 Å². The van der Waals surface area contributed by atoms with Gasteiger partial charge < -0.3 is 14.5 Å². The van der Waals surface area contributed by atoms with Crippen LogP contribution in [0.2, 0.25) is 5.02 Å². The third-order valence-electron chi connectivity index (χ3n) is 3.81. The summed E-state index contributed by atoms with van der Waals surface area (Å²) in [5, 5.41) is 3.09. The predicted octanol–water partition coefficient (Wildman–Crippen LogP) is 3.44. The van der Waals surface area contributed by atoms with Crippen LogP contribution in [0.3, 0.4) is 0 Å². The van der Waals surface area contributed by atoms with Gasteiger partial charge in [-0.15, -0.1) is 0 Å². The van der Waals surface area contributed by atoms with Crippen molar-refractivity contribution in [3.8, 4) is 0 Å². The van der Waals surface area contributed by atoms with Crippen LogP contribution in [0.15, 0.2) is 57.7 Å². The van der Waals surface area contributed by atoms with E-state index >= 15 is 0 Å². The van der Waals surface area contributed by atoms with Crippen molar-refractivity contribution in [1.82, 2.24) is 0 Å². The maximum atomic E-state index is 12.1. The number of nitrogens with one attached hydrogen (secondary N) is 1. The standard InChI is InChI=1S/C20H14ClNO6/c1-11(23)13-4-2-3-5-15(13)22-19(25)10-27-20(26)18-9-16(24)14-8-12(21)6-7-17(14)28-18/h2-9H,10H2,1H3,(H,22,25). The second-order valence-corrected chi connectivity index (χ2v) is 6.28. The van der Waals surface area contributed by atoms with Crippen molar-refractivity contribution < 1.29 is 23.5 Å². The third kappa shape index (κ3) is 4.27. The molecular weight excluding hydrogens is 386 g/mol. The Morgan fingerprint density at radius 2 is 1.86 bits per heavy atom. The lowest BCUT2D eigenvalue weighted by molar-refractivity contribution is -0.119. The molecule has 0 aliphatic carbocycles. The first-order valence-electron chi connectivity index (χ1n) is 8.15. The summed E-state index contributed by atoms with van der Waals surface area (Å²) in [6, 6.07) is 11.8. The number of carbonyl (C=O) groups is 3. The van der Waals surface area contributed by atoms with Crippen LogP contribution in [0.25, 0.3) is 11.0 Å². The van der Waals surface area contributed by atoms with Crippen molar-refractivity contribution in [1.29, 1.82) is 0 Å². The van der Waals surface area contributed by atoms with E-state index in [0.717, 1.165) is 6.07 Å². The first-order chi connectivity index (χ1) is 13.3. The number of rotatable bonds is 5. The largest absolute Gasteiger partial charge is 0.450 e. The number of esters is 1. The highest BCUT2D eigenvalue weighted by Gasteiger charge is 2.16. The first kappa shape index (κ1) is 19.3. The molecule has 7 nitrogen and oxygen atoms in total. The minimum Gasteiger partial charge on any atom is -0.450 e. The minimum atomic E-state index is -0.969. The molecule has 0 fully saturated rings. The second kappa shape index (κ2) is 8.06. The van der Waals surface area contributed by atoms with Gasteiger partial charge in [-0.05, 0) is 37.3 Å². The second-order valence-electron chi connectivity index (χ2n) is 5.84. The van der Waals surface area contributed by atoms with Crippen molar-refractivity contribution in [2.24, 2.45) is 0 Å². The molecule has 1 N–H and O–H groups in total. The molecule has 28 heavy (non-hydrogen) atoms. The fraction of sp³-hybridized carbons (Fsp3) is 0.100. The SMILES string of the molecule is CC(=O)c1ccccc1NC(=O)COC(=O)c1cc(=O)c2cc(Cl)ccc2o1. The van der Waals surface area contributed by atoms with Gasteiger partial charge in [0.2, 0.25) is 5.76 Å². The summed E-state index contributed by atoms with van der Waals surface area (Å²) < 4.78 is 10.2. The summed E-state index contributed by atoms with van der Waals surface area (Å²) >= 11 is 5.84. The number of hydrogen-bond donors (Lipinski definition) is 1. The lowest BCUT2D eigenvalue weighted by Gasteiger charge is -2.09. The number of anilines is 1. The number of ether oxygens (including phenoxy) is 1. The first-order valence-corrected chi connectivity index (χ1v) is 8.53. The molecule has 3 rings (SSSR count). The number of hydrogen-bond acceptors (Lipinski definition) is 6. The van der Waals surface area contributed by atoms with Crippen LogP contribution in [-0.4, -0.2) is 24.3 Å². The van der Waals surface area contributed by atoms with E-state index in [1.807, 2.05) is 0 Å². The summed E-state index contributed by atoms with van der Waals surface area (Å²) in [4.78, 5) is 47.8. The Morgan fingerprint density at radius 1 is 1.11 bits per heavy atom. The fourth-order valence-corrected chi connectivity index (χ4v) is 2.69. The zero-order valence-corrected chi connectivity index (χ0v) is 15.4. The van der Waals surface area contributed by atoms with E-state index in [2.05, 4.69) is 5.32 Å². The lowest BCUT2D eigenvalue weighted by Crippen LogP contribution is -2.22. The number of Topliss-reactive ketones (excluding diaryl/α,β-unsaturated/α-hetero) is 1. The van der Waals surface area contributed by atoms with Gasteiger partial charge in [-0.25, -0.2) is 4.79 Å². The molecule has 0 saturated carbocycles. The molecule has 0 aliphatic rings. The summed E-state index contributed by atoms with van der Waals surface area (Å²) in [6.07, 6.45) is 0. The minimum absolute atomic E-state index is 0.170. The number of benzene rings is 2. The van der Waals surface area contributed by atoms with E-state index in [4.69, 9.17) is 20.8 Å². The molecule has 0 bridgehead atoms. The molecule has 0 unspecified atom stereocenters. The summed E-state index contributed by atoms with van der Waals surface area (Å²) in [5.74, 6) is -2.16.